The first-order valence-corrected chi connectivity index (χ1v) is 9.49. The van der Waals surface area contributed by atoms with Crippen molar-refractivity contribution in [3.8, 4) is 5.75 Å². The highest BCUT2D eigenvalue weighted by atomic mass is 32.2. The van der Waals surface area contributed by atoms with Crippen LogP contribution in [0.15, 0.2) is 53.4 Å². The number of carboxylic acids is 1. The number of benzene rings is 2. The smallest absolute Gasteiger partial charge is 0.328 e. The van der Waals surface area contributed by atoms with Crippen molar-refractivity contribution in [2.24, 2.45) is 0 Å². The summed E-state index contributed by atoms with van der Waals surface area (Å²) in [6, 6.07) is 12.0. The van der Waals surface area contributed by atoms with E-state index >= 15 is 0 Å². The first-order chi connectivity index (χ1) is 12.3. The molecule has 0 spiro atoms. The molecule has 6 nitrogen and oxygen atoms in total. The Labute approximate surface area is 152 Å². The van der Waals surface area contributed by atoms with Crippen LogP contribution in [-0.2, 0) is 14.8 Å². The van der Waals surface area contributed by atoms with Crippen molar-refractivity contribution in [1.29, 1.82) is 0 Å². The Morgan fingerprint density at radius 3 is 2.69 bits per heavy atom. The molecule has 0 unspecified atom stereocenters. The Kier molecular flexibility index (Phi) is 4.73. The van der Waals surface area contributed by atoms with E-state index in [0.717, 1.165) is 11.6 Å². The van der Waals surface area contributed by atoms with Crippen LogP contribution in [0.4, 0.5) is 5.69 Å². The largest absolute Gasteiger partial charge is 0.495 e. The molecule has 1 aliphatic heterocycles. The van der Waals surface area contributed by atoms with E-state index < -0.39 is 16.0 Å². The summed E-state index contributed by atoms with van der Waals surface area (Å²) in [6.45, 7) is 2.33. The predicted molar refractivity (Wildman–Crippen MR) is 99.1 cm³/mol. The van der Waals surface area contributed by atoms with Crippen molar-refractivity contribution in [2.45, 2.75) is 17.7 Å². The number of fused-ring (bicyclic) bond motifs is 1. The standard InChI is InChI=1S/C19H19NO5S/c1-13-12-20(16-6-4-3-5-15(13)16)26(23,24)18-11-14(8-10-19(21)22)7-9-17(18)25-2/h3-11,13H,12H2,1-2H3,(H,21,22)/b10-8+/t13-/m1/s1. The van der Waals surface area contributed by atoms with E-state index in [-0.39, 0.29) is 16.6 Å². The molecule has 3 rings (SSSR count). The third-order valence-corrected chi connectivity index (χ3v) is 6.15. The fourth-order valence-corrected chi connectivity index (χ4v) is 4.86. The second-order valence-electron chi connectivity index (χ2n) is 6.08. The van der Waals surface area contributed by atoms with Crippen LogP contribution >= 0.6 is 0 Å². The van der Waals surface area contributed by atoms with Gasteiger partial charge in [0.25, 0.3) is 10.0 Å². The Bertz CT molecular complexity index is 981. The molecule has 26 heavy (non-hydrogen) atoms. The van der Waals surface area contributed by atoms with Crippen LogP contribution < -0.4 is 9.04 Å². The van der Waals surface area contributed by atoms with Gasteiger partial charge >= 0.3 is 5.97 Å². The molecular weight excluding hydrogens is 354 g/mol. The van der Waals surface area contributed by atoms with Gasteiger partial charge in [0.2, 0.25) is 0 Å². The number of carboxylic acid groups (broad SMARTS) is 1. The van der Waals surface area contributed by atoms with Gasteiger partial charge in [-0.2, -0.15) is 0 Å². The quantitative estimate of drug-likeness (QED) is 0.814. The number of hydrogen-bond acceptors (Lipinski definition) is 4. The van der Waals surface area contributed by atoms with Crippen LogP contribution in [0.1, 0.15) is 24.0 Å². The van der Waals surface area contributed by atoms with Gasteiger partial charge in [-0.05, 0) is 35.4 Å². The average molecular weight is 373 g/mol. The minimum absolute atomic E-state index is 0.0106. The molecule has 0 amide bonds. The maximum atomic E-state index is 13.3. The van der Waals surface area contributed by atoms with E-state index in [1.54, 1.807) is 12.1 Å². The minimum atomic E-state index is -3.86. The van der Waals surface area contributed by atoms with Gasteiger partial charge in [-0.15, -0.1) is 0 Å². The Morgan fingerprint density at radius 1 is 1.27 bits per heavy atom. The van der Waals surface area contributed by atoms with Crippen molar-refractivity contribution < 1.29 is 23.1 Å². The lowest BCUT2D eigenvalue weighted by Crippen LogP contribution is -2.30. The number of nitrogens with zero attached hydrogens (tertiary/aromatic N) is 1. The Balaban J connectivity index is 2.10. The van der Waals surface area contributed by atoms with Crippen molar-refractivity contribution in [3.05, 3.63) is 59.7 Å². The highest BCUT2D eigenvalue weighted by Crippen LogP contribution is 2.40. The van der Waals surface area contributed by atoms with E-state index in [1.807, 2.05) is 25.1 Å². The number of ether oxygens (including phenoxy) is 1. The van der Waals surface area contributed by atoms with Crippen LogP contribution in [0.5, 0.6) is 5.75 Å². The van der Waals surface area contributed by atoms with Gasteiger partial charge in [-0.1, -0.05) is 31.2 Å². The van der Waals surface area contributed by atoms with Gasteiger partial charge in [0.15, 0.2) is 0 Å². The van der Waals surface area contributed by atoms with Crippen LogP contribution in [0.25, 0.3) is 6.08 Å². The fourth-order valence-electron chi connectivity index (χ4n) is 3.09. The van der Waals surface area contributed by atoms with E-state index in [9.17, 15) is 13.2 Å². The molecule has 1 heterocycles. The molecule has 2 aromatic rings. The number of anilines is 1. The third kappa shape index (κ3) is 3.17. The van der Waals surface area contributed by atoms with Crippen molar-refractivity contribution >= 4 is 27.8 Å². The molecule has 1 N–H and O–H groups in total. The first kappa shape index (κ1) is 18.0. The maximum Gasteiger partial charge on any atom is 0.328 e. The fraction of sp³-hybridized carbons (Fsp3) is 0.211. The van der Waals surface area contributed by atoms with E-state index in [4.69, 9.17) is 9.84 Å². The summed E-state index contributed by atoms with van der Waals surface area (Å²) in [5.41, 5.74) is 2.11. The molecule has 136 valence electrons. The number of methoxy groups -OCH3 is 1. The summed E-state index contributed by atoms with van der Waals surface area (Å²) in [5.74, 6) is -0.802. The highest BCUT2D eigenvalue weighted by Gasteiger charge is 2.36. The van der Waals surface area contributed by atoms with Crippen LogP contribution in [0, 0.1) is 0 Å². The zero-order valence-corrected chi connectivity index (χ0v) is 15.2. The Morgan fingerprint density at radius 2 is 2.00 bits per heavy atom. The monoisotopic (exact) mass is 373 g/mol. The van der Waals surface area contributed by atoms with Gasteiger partial charge < -0.3 is 9.84 Å². The highest BCUT2D eigenvalue weighted by molar-refractivity contribution is 7.93. The zero-order chi connectivity index (χ0) is 18.9. The SMILES string of the molecule is COc1ccc(/C=C/C(=O)O)cc1S(=O)(=O)N1C[C@@H](C)c2ccccc21. The lowest BCUT2D eigenvalue weighted by atomic mass is 10.0. The molecule has 7 heteroatoms. The van der Waals surface area contributed by atoms with Crippen LogP contribution in [0.3, 0.4) is 0 Å². The summed E-state index contributed by atoms with van der Waals surface area (Å²) in [7, 11) is -2.46. The maximum absolute atomic E-state index is 13.3. The average Bonchev–Trinajstić information content (AvgIpc) is 2.97. The van der Waals surface area contributed by atoms with Gasteiger partial charge in [0.05, 0.1) is 12.8 Å². The van der Waals surface area contributed by atoms with Gasteiger partial charge in [-0.25, -0.2) is 13.2 Å². The molecule has 0 fully saturated rings. The second kappa shape index (κ2) is 6.84. The zero-order valence-electron chi connectivity index (χ0n) is 14.4. The number of para-hydroxylation sites is 1. The number of carbonyl (C=O) groups is 1. The third-order valence-electron chi connectivity index (χ3n) is 4.35. The number of hydrogen-bond donors (Lipinski definition) is 1. The van der Waals surface area contributed by atoms with E-state index in [0.29, 0.717) is 17.8 Å². The number of aliphatic carboxylic acids is 1. The minimum Gasteiger partial charge on any atom is -0.495 e. The molecule has 0 bridgehead atoms. The Hall–Kier alpha value is -2.80. The van der Waals surface area contributed by atoms with E-state index in [2.05, 4.69) is 0 Å². The predicted octanol–water partition coefficient (Wildman–Crippen LogP) is 3.11. The summed E-state index contributed by atoms with van der Waals surface area (Å²) in [5, 5.41) is 8.78. The lowest BCUT2D eigenvalue weighted by molar-refractivity contribution is -0.131. The summed E-state index contributed by atoms with van der Waals surface area (Å²) in [4.78, 5) is 10.7. The molecule has 0 aromatic heterocycles. The summed E-state index contributed by atoms with van der Waals surface area (Å²) >= 11 is 0. The normalized spacial score (nSPS) is 16.7. The van der Waals surface area contributed by atoms with Crippen molar-refractivity contribution in [2.75, 3.05) is 18.0 Å². The molecule has 0 saturated carbocycles. The molecular formula is C19H19NO5S. The topological polar surface area (TPSA) is 83.9 Å². The summed E-state index contributed by atoms with van der Waals surface area (Å²) in [6.07, 6.45) is 2.31. The molecule has 1 aliphatic rings. The number of rotatable bonds is 5. The van der Waals surface area contributed by atoms with E-state index in [1.165, 1.54) is 29.6 Å². The van der Waals surface area contributed by atoms with Crippen molar-refractivity contribution in [1.82, 2.24) is 0 Å². The van der Waals surface area contributed by atoms with Crippen molar-refractivity contribution in [3.63, 3.8) is 0 Å². The number of sulfonamides is 1. The summed E-state index contributed by atoms with van der Waals surface area (Å²) < 4.78 is 33.3. The molecule has 0 radical (unpaired) electrons. The van der Waals surface area contributed by atoms with Gasteiger partial charge in [0, 0.05) is 18.5 Å². The molecule has 0 aliphatic carbocycles. The molecule has 1 atom stereocenters. The second-order valence-corrected chi connectivity index (χ2v) is 7.91. The molecule has 2 aromatic carbocycles. The van der Waals surface area contributed by atoms with Gasteiger partial charge in [0.1, 0.15) is 10.6 Å². The van der Waals surface area contributed by atoms with Crippen LogP contribution in [0.2, 0.25) is 0 Å². The first-order valence-electron chi connectivity index (χ1n) is 8.05. The molecule has 0 saturated heterocycles. The lowest BCUT2D eigenvalue weighted by Gasteiger charge is -2.21. The van der Waals surface area contributed by atoms with Crippen LogP contribution in [-0.4, -0.2) is 33.1 Å². The van der Waals surface area contributed by atoms with Gasteiger partial charge in [-0.3, -0.25) is 4.31 Å².